The SMILES string of the molecule is O.O.O.O.O.O.[Mg+2].[NH3+]OP(=O)([O-])[O-]. The van der Waals surface area contributed by atoms with Gasteiger partial charge in [0.25, 0.3) is 0 Å². The van der Waals surface area contributed by atoms with Crippen molar-refractivity contribution in [3.8, 4) is 0 Å². The molecule has 86 valence electrons. The Kier molecular flexibility index (Phi) is 156. The smallest absolute Gasteiger partial charge is 0.785 e. The summed E-state index contributed by atoms with van der Waals surface area (Å²) in [6, 6.07) is 0. The summed E-state index contributed by atoms with van der Waals surface area (Å²) >= 11 is 0. The summed E-state index contributed by atoms with van der Waals surface area (Å²) in [5, 5.41) is 0. The van der Waals surface area contributed by atoms with Gasteiger partial charge in [0.1, 0.15) is 7.82 Å². The molecule has 0 saturated carbocycles. The molecule has 0 aliphatic rings. The predicted octanol–water partition coefficient (Wildman–Crippen LogP) is -8.34. The Balaban J connectivity index is -0.00000000595. The standard InChI is InChI=1S/Mg.H4NO4P.6H2O/c;1-5-6(2,3)4;;;;;;/h;1H3,(H-,2,3,4);6*1H2/q+2;;;;;;;/p-1. The van der Waals surface area contributed by atoms with Crippen LogP contribution >= 0.6 is 7.82 Å². The van der Waals surface area contributed by atoms with Crippen LogP contribution in [-0.2, 0) is 9.19 Å². The van der Waals surface area contributed by atoms with Crippen molar-refractivity contribution < 1.29 is 57.7 Å². The summed E-state index contributed by atoms with van der Waals surface area (Å²) in [6.07, 6.45) is 0. The van der Waals surface area contributed by atoms with Crippen molar-refractivity contribution in [1.29, 1.82) is 0 Å². The van der Waals surface area contributed by atoms with Crippen LogP contribution in [0.25, 0.3) is 0 Å². The van der Waals surface area contributed by atoms with Crippen molar-refractivity contribution in [1.82, 2.24) is 0 Å². The normalized spacial score (nSPS) is 5.46. The number of hydrogen-bond donors (Lipinski definition) is 1. The fraction of sp³-hybridized carbons (Fsp3) is 0. The zero-order chi connectivity index (χ0) is 5.21. The van der Waals surface area contributed by atoms with Crippen LogP contribution in [0.2, 0.25) is 0 Å². The third-order valence-electron chi connectivity index (χ3n) is 0.158. The monoisotopic (exact) mass is 244 g/mol. The molecule has 0 aliphatic heterocycles. The van der Waals surface area contributed by atoms with Gasteiger partial charge < -0.3 is 47.2 Å². The first-order valence-corrected chi connectivity index (χ1v) is 2.48. The maximum absolute atomic E-state index is 9.19. The zero-order valence-corrected chi connectivity index (χ0v) is 8.80. The van der Waals surface area contributed by atoms with E-state index in [1.165, 1.54) is 0 Å². The zero-order valence-electron chi connectivity index (χ0n) is 6.49. The summed E-state index contributed by atoms with van der Waals surface area (Å²) in [7, 11) is -4.76. The van der Waals surface area contributed by atoms with Crippen LogP contribution in [0.5, 0.6) is 0 Å². The number of hydrogen-bond acceptors (Lipinski definition) is 4. The van der Waals surface area contributed by atoms with Gasteiger partial charge in [0.05, 0.1) is 0 Å². The van der Waals surface area contributed by atoms with Crippen molar-refractivity contribution in [3.05, 3.63) is 0 Å². The van der Waals surface area contributed by atoms with Crippen LogP contribution in [0.15, 0.2) is 0 Å². The molecule has 0 atom stereocenters. The molecule has 0 fully saturated rings. The molecule has 0 bridgehead atoms. The maximum Gasteiger partial charge on any atom is 2.00 e. The Morgan fingerprint density at radius 3 is 1.00 bits per heavy atom. The number of quaternary nitrogens is 1. The summed E-state index contributed by atoms with van der Waals surface area (Å²) in [4.78, 5) is 18.4. The van der Waals surface area contributed by atoms with E-state index in [1.54, 1.807) is 0 Å². The van der Waals surface area contributed by atoms with Crippen LogP contribution < -0.4 is 15.7 Å². The molecular formula is H15MgNO10P+. The van der Waals surface area contributed by atoms with E-state index in [4.69, 9.17) is 0 Å². The number of phosphoric acid groups is 1. The van der Waals surface area contributed by atoms with Gasteiger partial charge in [0.15, 0.2) is 0 Å². The Labute approximate surface area is 89.1 Å². The minimum Gasteiger partial charge on any atom is -0.785 e. The summed E-state index contributed by atoms with van der Waals surface area (Å²) in [6.45, 7) is 0. The van der Waals surface area contributed by atoms with Crippen molar-refractivity contribution in [3.63, 3.8) is 0 Å². The van der Waals surface area contributed by atoms with Gasteiger partial charge >= 0.3 is 23.1 Å². The van der Waals surface area contributed by atoms with E-state index in [1.807, 2.05) is 0 Å². The molecule has 0 amide bonds. The number of rotatable bonds is 1. The predicted molar refractivity (Wildman–Crippen MR) is 39.0 cm³/mol. The van der Waals surface area contributed by atoms with Crippen molar-refractivity contribution in [2.45, 2.75) is 0 Å². The fourth-order valence-electron chi connectivity index (χ4n) is 0. The molecule has 13 heteroatoms. The molecule has 0 aromatic rings. The second-order valence-electron chi connectivity index (χ2n) is 0.576. The largest absolute Gasteiger partial charge is 2.00 e. The summed E-state index contributed by atoms with van der Waals surface area (Å²) in [5.74, 6) is 2.37. The van der Waals surface area contributed by atoms with Gasteiger partial charge in [-0.1, -0.05) is 0 Å². The van der Waals surface area contributed by atoms with E-state index in [0.717, 1.165) is 0 Å². The molecule has 11 nitrogen and oxygen atoms in total. The molecule has 0 aromatic heterocycles. The van der Waals surface area contributed by atoms with Crippen molar-refractivity contribution >= 4 is 30.9 Å². The summed E-state index contributed by atoms with van der Waals surface area (Å²) < 4.78 is 12.3. The van der Waals surface area contributed by atoms with E-state index in [0.29, 0.717) is 0 Å². The average Bonchev–Trinajstić information content (AvgIpc) is 1.35. The van der Waals surface area contributed by atoms with E-state index in [2.05, 4.69) is 10.5 Å². The molecule has 0 radical (unpaired) electrons. The molecule has 0 spiro atoms. The molecule has 0 unspecified atom stereocenters. The molecule has 15 N–H and O–H groups in total. The van der Waals surface area contributed by atoms with E-state index in [-0.39, 0.29) is 55.9 Å². The van der Waals surface area contributed by atoms with Gasteiger partial charge in [0.2, 0.25) is 0 Å². The topological polar surface area (TPSA) is 289 Å². The van der Waals surface area contributed by atoms with E-state index < -0.39 is 7.82 Å². The first-order chi connectivity index (χ1) is 2.56. The molecule has 0 heterocycles. The van der Waals surface area contributed by atoms with Gasteiger partial charge in [-0.05, 0) is 0 Å². The molecular weight excluding hydrogens is 229 g/mol. The van der Waals surface area contributed by atoms with Gasteiger partial charge in [-0.2, -0.15) is 4.62 Å². The van der Waals surface area contributed by atoms with Crippen LogP contribution in [0, 0.1) is 0 Å². The molecule has 0 aliphatic carbocycles. The second kappa shape index (κ2) is 29.4. The van der Waals surface area contributed by atoms with Crippen LogP contribution in [0.1, 0.15) is 0 Å². The van der Waals surface area contributed by atoms with Gasteiger partial charge in [-0.3, -0.25) is 0 Å². The van der Waals surface area contributed by atoms with Crippen molar-refractivity contribution in [2.75, 3.05) is 0 Å². The van der Waals surface area contributed by atoms with Gasteiger partial charge in [-0.15, -0.1) is 0 Å². The average molecular weight is 244 g/mol. The minimum atomic E-state index is -4.76. The third-order valence-corrected chi connectivity index (χ3v) is 0.474. The minimum absolute atomic E-state index is 0. The fourth-order valence-corrected chi connectivity index (χ4v) is 0. The van der Waals surface area contributed by atoms with E-state index in [9.17, 15) is 14.4 Å². The molecule has 0 aromatic carbocycles. The summed E-state index contributed by atoms with van der Waals surface area (Å²) in [5.41, 5.74) is 0. The quantitative estimate of drug-likeness (QED) is 0.266. The van der Waals surface area contributed by atoms with E-state index >= 15 is 0 Å². The van der Waals surface area contributed by atoms with Gasteiger partial charge in [-0.25, -0.2) is 5.90 Å². The Bertz CT molecular complexity index is 79.0. The van der Waals surface area contributed by atoms with Crippen LogP contribution in [0.3, 0.4) is 0 Å². The maximum atomic E-state index is 9.19. The Morgan fingerprint density at radius 2 is 1.00 bits per heavy atom. The first kappa shape index (κ1) is 68.9. The first-order valence-electron chi connectivity index (χ1n) is 1.02. The molecule has 0 rings (SSSR count). The van der Waals surface area contributed by atoms with Gasteiger partial charge in [0, 0.05) is 0 Å². The second-order valence-corrected chi connectivity index (χ2v) is 1.73. The molecule has 0 saturated heterocycles. The van der Waals surface area contributed by atoms with Crippen molar-refractivity contribution in [2.24, 2.45) is 0 Å². The molecule has 13 heavy (non-hydrogen) atoms. The van der Waals surface area contributed by atoms with Crippen LogP contribution in [0.4, 0.5) is 0 Å². The van der Waals surface area contributed by atoms with Crippen LogP contribution in [-0.4, -0.2) is 55.9 Å². The Hall–Kier alpha value is 0.596. The third kappa shape index (κ3) is 109. The Morgan fingerprint density at radius 1 is 0.923 bits per heavy atom.